The van der Waals surface area contributed by atoms with Crippen molar-refractivity contribution < 1.29 is 13.6 Å². The number of rotatable bonds is 2. The van der Waals surface area contributed by atoms with Crippen LogP contribution in [0, 0.1) is 11.6 Å². The van der Waals surface area contributed by atoms with Crippen LogP contribution in [0.2, 0.25) is 5.02 Å². The van der Waals surface area contributed by atoms with Gasteiger partial charge in [-0.05, 0) is 55.0 Å². The van der Waals surface area contributed by atoms with Crippen LogP contribution in [0.25, 0.3) is 10.8 Å². The number of aryl methyl sites for hydroxylation is 1. The highest BCUT2D eigenvalue weighted by Crippen LogP contribution is 2.37. The normalized spacial score (nSPS) is 15.8. The molecule has 1 atom stereocenters. The number of urea groups is 1. The number of benzene rings is 2. The molecule has 2 aromatic carbocycles. The topological polar surface area (TPSA) is 65.2 Å². The molecule has 0 radical (unpaired) electrons. The van der Waals surface area contributed by atoms with Crippen LogP contribution in [0.4, 0.5) is 19.3 Å². The third kappa shape index (κ3) is 3.58. The highest BCUT2D eigenvalue weighted by atomic mass is 35.5. The van der Waals surface area contributed by atoms with E-state index in [0.717, 1.165) is 17.7 Å². The zero-order chi connectivity index (χ0) is 20.7. The van der Waals surface area contributed by atoms with E-state index >= 15 is 0 Å². The van der Waals surface area contributed by atoms with Crippen molar-refractivity contribution in [2.24, 2.45) is 0 Å². The van der Waals surface area contributed by atoms with Gasteiger partial charge in [0.25, 0.3) is 5.56 Å². The number of aromatic nitrogens is 1. The van der Waals surface area contributed by atoms with Crippen LogP contribution in [0.15, 0.2) is 41.2 Å². The van der Waals surface area contributed by atoms with E-state index in [0.29, 0.717) is 23.9 Å². The Labute approximate surface area is 170 Å². The van der Waals surface area contributed by atoms with Gasteiger partial charge in [-0.15, -0.1) is 0 Å². The lowest BCUT2D eigenvalue weighted by Crippen LogP contribution is -2.37. The molecule has 1 aliphatic carbocycles. The second kappa shape index (κ2) is 7.48. The van der Waals surface area contributed by atoms with Crippen molar-refractivity contribution in [2.45, 2.75) is 25.3 Å². The van der Waals surface area contributed by atoms with Crippen molar-refractivity contribution in [3.63, 3.8) is 0 Å². The molecular weight excluding hydrogens is 400 g/mol. The molecule has 0 spiro atoms. The highest BCUT2D eigenvalue weighted by molar-refractivity contribution is 6.31. The minimum absolute atomic E-state index is 0.0842. The molecule has 0 saturated carbocycles. The molecule has 0 unspecified atom stereocenters. The summed E-state index contributed by atoms with van der Waals surface area (Å²) in [6, 6.07) is 7.36. The maximum absolute atomic E-state index is 13.7. The summed E-state index contributed by atoms with van der Waals surface area (Å²) in [7, 11) is 1.65. The molecule has 8 heteroatoms. The van der Waals surface area contributed by atoms with Gasteiger partial charge in [-0.2, -0.15) is 0 Å². The molecule has 0 aliphatic heterocycles. The van der Waals surface area contributed by atoms with Gasteiger partial charge in [-0.1, -0.05) is 17.7 Å². The molecule has 0 bridgehead atoms. The monoisotopic (exact) mass is 417 g/mol. The van der Waals surface area contributed by atoms with Crippen molar-refractivity contribution in [3.8, 4) is 0 Å². The van der Waals surface area contributed by atoms with Crippen LogP contribution < -0.4 is 10.9 Å². The van der Waals surface area contributed by atoms with Gasteiger partial charge in [0.1, 0.15) is 11.6 Å². The first-order valence-corrected chi connectivity index (χ1v) is 9.56. The lowest BCUT2D eigenvalue weighted by Gasteiger charge is -2.34. The number of halogens is 3. The van der Waals surface area contributed by atoms with Crippen LogP contribution in [0.5, 0.6) is 0 Å². The van der Waals surface area contributed by atoms with Crippen molar-refractivity contribution in [2.75, 3.05) is 12.4 Å². The Morgan fingerprint density at radius 3 is 2.76 bits per heavy atom. The average Bonchev–Trinajstić information content (AvgIpc) is 2.70. The summed E-state index contributed by atoms with van der Waals surface area (Å²) in [5.74, 6) is -1.06. The Bertz CT molecular complexity index is 1180. The van der Waals surface area contributed by atoms with E-state index in [4.69, 9.17) is 11.6 Å². The van der Waals surface area contributed by atoms with Crippen LogP contribution >= 0.6 is 11.6 Å². The maximum Gasteiger partial charge on any atom is 0.322 e. The number of aromatic amines is 1. The SMILES string of the molecule is CN(C(=O)Nc1ccc(F)c(Cl)c1)[C@H]1CCCc2[nH]c(=O)c3cc(F)ccc3c21. The third-order valence-electron chi connectivity index (χ3n) is 5.30. The van der Waals surface area contributed by atoms with E-state index in [1.165, 1.54) is 35.2 Å². The van der Waals surface area contributed by atoms with Crippen molar-refractivity contribution in [1.82, 2.24) is 9.88 Å². The number of nitrogens with one attached hydrogen (secondary N) is 2. The zero-order valence-electron chi connectivity index (χ0n) is 15.6. The van der Waals surface area contributed by atoms with E-state index in [9.17, 15) is 18.4 Å². The average molecular weight is 418 g/mol. The zero-order valence-corrected chi connectivity index (χ0v) is 16.3. The number of H-pyrrole nitrogens is 1. The van der Waals surface area contributed by atoms with Gasteiger partial charge in [-0.25, -0.2) is 13.6 Å². The molecule has 150 valence electrons. The van der Waals surface area contributed by atoms with E-state index < -0.39 is 17.7 Å². The molecule has 29 heavy (non-hydrogen) atoms. The van der Waals surface area contributed by atoms with Crippen molar-refractivity contribution in [1.29, 1.82) is 0 Å². The molecule has 3 aromatic rings. The molecule has 0 saturated heterocycles. The molecule has 2 amide bonds. The van der Waals surface area contributed by atoms with Gasteiger partial charge >= 0.3 is 6.03 Å². The number of anilines is 1. The molecule has 4 rings (SSSR count). The van der Waals surface area contributed by atoms with Crippen LogP contribution in [0.1, 0.15) is 30.1 Å². The Morgan fingerprint density at radius 2 is 2.00 bits per heavy atom. The molecule has 0 fully saturated rings. The summed E-state index contributed by atoms with van der Waals surface area (Å²) in [6.07, 6.45) is 2.16. The largest absolute Gasteiger partial charge is 0.325 e. The molecule has 1 heterocycles. The van der Waals surface area contributed by atoms with Gasteiger partial charge in [0.2, 0.25) is 0 Å². The summed E-state index contributed by atoms with van der Waals surface area (Å²) in [5, 5.41) is 3.52. The minimum atomic E-state index is -0.568. The second-order valence-corrected chi connectivity index (χ2v) is 7.52. The summed E-state index contributed by atoms with van der Waals surface area (Å²) in [5.41, 5.74) is 1.61. The van der Waals surface area contributed by atoms with Crippen LogP contribution in [-0.4, -0.2) is 23.0 Å². The fraction of sp³-hybridized carbons (Fsp3) is 0.238. The molecule has 5 nitrogen and oxygen atoms in total. The Hall–Kier alpha value is -2.93. The quantitative estimate of drug-likeness (QED) is 0.616. The van der Waals surface area contributed by atoms with Gasteiger partial charge in [-0.3, -0.25) is 4.79 Å². The summed E-state index contributed by atoms with van der Waals surface area (Å²) in [6.45, 7) is 0. The third-order valence-corrected chi connectivity index (χ3v) is 5.59. The number of amides is 2. The summed E-state index contributed by atoms with van der Waals surface area (Å²) in [4.78, 5) is 29.6. The van der Waals surface area contributed by atoms with Gasteiger partial charge in [0, 0.05) is 24.0 Å². The molecule has 1 aromatic heterocycles. The van der Waals surface area contributed by atoms with E-state index in [1.54, 1.807) is 13.1 Å². The van der Waals surface area contributed by atoms with Crippen LogP contribution in [-0.2, 0) is 6.42 Å². The molecular formula is C21H18ClF2N3O2. The lowest BCUT2D eigenvalue weighted by atomic mass is 9.87. The smallest absolute Gasteiger partial charge is 0.322 e. The first-order chi connectivity index (χ1) is 13.8. The summed E-state index contributed by atoms with van der Waals surface area (Å²) < 4.78 is 27.0. The minimum Gasteiger partial charge on any atom is -0.325 e. The van der Waals surface area contributed by atoms with Crippen molar-refractivity contribution in [3.05, 3.63) is 74.7 Å². The van der Waals surface area contributed by atoms with Gasteiger partial charge < -0.3 is 15.2 Å². The molecule has 2 N–H and O–H groups in total. The predicted octanol–water partition coefficient (Wildman–Crippen LogP) is 5.00. The number of hydrogen-bond acceptors (Lipinski definition) is 2. The molecule has 1 aliphatic rings. The number of nitrogens with zero attached hydrogens (tertiary/aromatic N) is 1. The first-order valence-electron chi connectivity index (χ1n) is 9.18. The van der Waals surface area contributed by atoms with E-state index in [1.807, 2.05) is 0 Å². The fourth-order valence-electron chi connectivity index (χ4n) is 3.88. The van der Waals surface area contributed by atoms with Crippen LogP contribution in [0.3, 0.4) is 0 Å². The van der Waals surface area contributed by atoms with E-state index in [2.05, 4.69) is 10.3 Å². The van der Waals surface area contributed by atoms with Crippen molar-refractivity contribution >= 4 is 34.1 Å². The highest BCUT2D eigenvalue weighted by Gasteiger charge is 2.30. The predicted molar refractivity (Wildman–Crippen MR) is 108 cm³/mol. The number of fused-ring (bicyclic) bond motifs is 3. The van der Waals surface area contributed by atoms with Gasteiger partial charge in [0.15, 0.2) is 0 Å². The Morgan fingerprint density at radius 1 is 1.21 bits per heavy atom. The second-order valence-electron chi connectivity index (χ2n) is 7.11. The lowest BCUT2D eigenvalue weighted by molar-refractivity contribution is 0.197. The Balaban J connectivity index is 1.70. The Kier molecular flexibility index (Phi) is 5.00. The number of carbonyl (C=O) groups is 1. The van der Waals surface area contributed by atoms with E-state index in [-0.39, 0.29) is 22.0 Å². The number of carbonyl (C=O) groups excluding carboxylic acids is 1. The fourth-order valence-corrected chi connectivity index (χ4v) is 4.06. The summed E-state index contributed by atoms with van der Waals surface area (Å²) >= 11 is 5.78. The maximum atomic E-state index is 13.7. The number of pyridine rings is 1. The van der Waals surface area contributed by atoms with Gasteiger partial charge in [0.05, 0.1) is 16.5 Å². The number of hydrogen-bond donors (Lipinski definition) is 2. The first kappa shape index (κ1) is 19.4. The standard InChI is InChI=1S/C21H18ClF2N3O2/c1-27(21(29)25-12-6-8-16(24)15(22)10-12)18-4-2-3-17-19(18)13-7-5-11(23)9-14(13)20(28)26-17/h5-10,18H,2-4H2,1H3,(H,25,29)(H,26,28)/t18-/m0/s1.